The van der Waals surface area contributed by atoms with Gasteiger partial charge in [0, 0.05) is 6.54 Å². The van der Waals surface area contributed by atoms with Gasteiger partial charge in [-0.25, -0.2) is 0 Å². The Morgan fingerprint density at radius 1 is 1.13 bits per heavy atom. The third kappa shape index (κ3) is 5.43. The van der Waals surface area contributed by atoms with Gasteiger partial charge in [-0.15, -0.1) is 0 Å². The molecule has 1 N–H and O–H groups in total. The van der Waals surface area contributed by atoms with Gasteiger partial charge in [-0.2, -0.15) is 0 Å². The SMILES string of the molecule is COc1ccc(C(C)(C)C(=O)NCCCCN(C)C)cc1OC. The molecule has 0 atom stereocenters. The normalized spacial score (nSPS) is 11.4. The molecule has 0 heterocycles. The van der Waals surface area contributed by atoms with Gasteiger partial charge in [0.25, 0.3) is 0 Å². The van der Waals surface area contributed by atoms with Gasteiger partial charge in [0.05, 0.1) is 19.6 Å². The highest BCUT2D eigenvalue weighted by atomic mass is 16.5. The first-order valence-corrected chi connectivity index (χ1v) is 7.98. The van der Waals surface area contributed by atoms with Crippen molar-refractivity contribution in [2.45, 2.75) is 32.1 Å². The van der Waals surface area contributed by atoms with E-state index >= 15 is 0 Å². The summed E-state index contributed by atoms with van der Waals surface area (Å²) in [4.78, 5) is 14.7. The molecule has 0 aliphatic heterocycles. The second-order valence-corrected chi connectivity index (χ2v) is 6.46. The van der Waals surface area contributed by atoms with E-state index in [2.05, 4.69) is 24.3 Å². The molecule has 0 bridgehead atoms. The van der Waals surface area contributed by atoms with Crippen LogP contribution in [0.15, 0.2) is 18.2 Å². The monoisotopic (exact) mass is 322 g/mol. The van der Waals surface area contributed by atoms with E-state index in [1.807, 2.05) is 32.0 Å². The van der Waals surface area contributed by atoms with Crippen molar-refractivity contribution in [2.75, 3.05) is 41.4 Å². The number of hydrogen-bond donors (Lipinski definition) is 1. The van der Waals surface area contributed by atoms with Gasteiger partial charge in [0.2, 0.25) is 5.91 Å². The van der Waals surface area contributed by atoms with Crippen molar-refractivity contribution in [2.24, 2.45) is 0 Å². The topological polar surface area (TPSA) is 50.8 Å². The predicted octanol–water partition coefficient (Wildman–Crippen LogP) is 2.44. The van der Waals surface area contributed by atoms with Gasteiger partial charge in [-0.05, 0) is 65.0 Å². The molecule has 0 saturated carbocycles. The summed E-state index contributed by atoms with van der Waals surface area (Å²) in [5.41, 5.74) is 0.280. The summed E-state index contributed by atoms with van der Waals surface area (Å²) in [6.45, 7) is 5.57. The number of carbonyl (C=O) groups excluding carboxylic acids is 1. The number of amides is 1. The molecule has 1 aromatic rings. The number of unbranched alkanes of at least 4 members (excludes halogenated alkanes) is 1. The van der Waals surface area contributed by atoms with E-state index < -0.39 is 5.41 Å². The molecular weight excluding hydrogens is 292 g/mol. The number of ether oxygens (including phenoxy) is 2. The fourth-order valence-electron chi connectivity index (χ4n) is 2.33. The lowest BCUT2D eigenvalue weighted by Gasteiger charge is -2.25. The van der Waals surface area contributed by atoms with Crippen molar-refractivity contribution in [3.63, 3.8) is 0 Å². The Bertz CT molecular complexity index is 513. The molecular formula is C18H30N2O3. The average molecular weight is 322 g/mol. The van der Waals surface area contributed by atoms with Crippen molar-refractivity contribution in [3.05, 3.63) is 23.8 Å². The summed E-state index contributed by atoms with van der Waals surface area (Å²) in [7, 11) is 7.31. The summed E-state index contributed by atoms with van der Waals surface area (Å²) in [5, 5.41) is 3.03. The highest BCUT2D eigenvalue weighted by molar-refractivity contribution is 5.87. The van der Waals surface area contributed by atoms with Crippen LogP contribution in [0, 0.1) is 0 Å². The Morgan fingerprint density at radius 2 is 1.78 bits per heavy atom. The summed E-state index contributed by atoms with van der Waals surface area (Å²) >= 11 is 0. The van der Waals surface area contributed by atoms with Gasteiger partial charge in [-0.1, -0.05) is 6.07 Å². The first-order valence-electron chi connectivity index (χ1n) is 7.98. The third-order valence-corrected chi connectivity index (χ3v) is 3.99. The van der Waals surface area contributed by atoms with Gasteiger partial charge < -0.3 is 19.7 Å². The van der Waals surface area contributed by atoms with Crippen LogP contribution in [0.1, 0.15) is 32.3 Å². The zero-order valence-electron chi connectivity index (χ0n) is 15.2. The van der Waals surface area contributed by atoms with Crippen LogP contribution in [-0.2, 0) is 10.2 Å². The lowest BCUT2D eigenvalue weighted by molar-refractivity contribution is -0.125. The highest BCUT2D eigenvalue weighted by Gasteiger charge is 2.30. The first-order chi connectivity index (χ1) is 10.8. The minimum atomic E-state index is -0.624. The van der Waals surface area contributed by atoms with Crippen LogP contribution >= 0.6 is 0 Å². The molecule has 5 heteroatoms. The van der Waals surface area contributed by atoms with E-state index in [0.717, 1.165) is 24.9 Å². The molecule has 23 heavy (non-hydrogen) atoms. The quantitative estimate of drug-likeness (QED) is 0.710. The number of carbonyl (C=O) groups is 1. The van der Waals surface area contributed by atoms with E-state index in [1.54, 1.807) is 14.2 Å². The van der Waals surface area contributed by atoms with Crippen molar-refractivity contribution >= 4 is 5.91 Å². The Labute approximate surface area is 140 Å². The van der Waals surface area contributed by atoms with Gasteiger partial charge in [0.15, 0.2) is 11.5 Å². The lowest BCUT2D eigenvalue weighted by Crippen LogP contribution is -2.40. The van der Waals surface area contributed by atoms with Crippen LogP contribution in [-0.4, -0.2) is 52.2 Å². The molecule has 0 aliphatic carbocycles. The molecule has 0 unspecified atom stereocenters. The van der Waals surface area contributed by atoms with Crippen LogP contribution in [0.4, 0.5) is 0 Å². The van der Waals surface area contributed by atoms with E-state index in [-0.39, 0.29) is 5.91 Å². The maximum atomic E-state index is 12.5. The maximum Gasteiger partial charge on any atom is 0.230 e. The number of rotatable bonds is 9. The van der Waals surface area contributed by atoms with Crippen LogP contribution in [0.25, 0.3) is 0 Å². The molecule has 0 fully saturated rings. The fraction of sp³-hybridized carbons (Fsp3) is 0.611. The van der Waals surface area contributed by atoms with Gasteiger partial charge >= 0.3 is 0 Å². The van der Waals surface area contributed by atoms with Crippen LogP contribution in [0.2, 0.25) is 0 Å². The number of methoxy groups -OCH3 is 2. The minimum absolute atomic E-state index is 0.0228. The molecule has 0 radical (unpaired) electrons. The molecule has 1 aromatic carbocycles. The minimum Gasteiger partial charge on any atom is -0.493 e. The Morgan fingerprint density at radius 3 is 2.35 bits per heavy atom. The smallest absolute Gasteiger partial charge is 0.230 e. The van der Waals surface area contributed by atoms with Gasteiger partial charge in [-0.3, -0.25) is 4.79 Å². The number of nitrogens with one attached hydrogen (secondary N) is 1. The van der Waals surface area contributed by atoms with Crippen molar-refractivity contribution in [3.8, 4) is 11.5 Å². The second-order valence-electron chi connectivity index (χ2n) is 6.46. The molecule has 0 spiro atoms. The largest absolute Gasteiger partial charge is 0.493 e. The summed E-state index contributed by atoms with van der Waals surface area (Å²) in [5.74, 6) is 1.32. The van der Waals surface area contributed by atoms with Crippen molar-refractivity contribution in [1.29, 1.82) is 0 Å². The molecule has 0 saturated heterocycles. The average Bonchev–Trinajstić information content (AvgIpc) is 2.53. The summed E-state index contributed by atoms with van der Waals surface area (Å²) < 4.78 is 10.6. The lowest BCUT2D eigenvalue weighted by atomic mass is 9.83. The Balaban J connectivity index is 2.68. The number of hydrogen-bond acceptors (Lipinski definition) is 4. The summed E-state index contributed by atoms with van der Waals surface area (Å²) in [6, 6.07) is 5.61. The maximum absolute atomic E-state index is 12.5. The predicted molar refractivity (Wildman–Crippen MR) is 93.4 cm³/mol. The molecule has 0 aliphatic rings. The van der Waals surface area contributed by atoms with E-state index in [9.17, 15) is 4.79 Å². The van der Waals surface area contributed by atoms with E-state index in [0.29, 0.717) is 18.0 Å². The van der Waals surface area contributed by atoms with Gasteiger partial charge in [0.1, 0.15) is 0 Å². The van der Waals surface area contributed by atoms with E-state index in [1.165, 1.54) is 0 Å². The number of nitrogens with zero attached hydrogens (tertiary/aromatic N) is 1. The van der Waals surface area contributed by atoms with Crippen molar-refractivity contribution in [1.82, 2.24) is 10.2 Å². The zero-order valence-corrected chi connectivity index (χ0v) is 15.2. The van der Waals surface area contributed by atoms with Crippen LogP contribution in [0.3, 0.4) is 0 Å². The molecule has 5 nitrogen and oxygen atoms in total. The second kappa shape index (κ2) is 8.77. The van der Waals surface area contributed by atoms with Crippen LogP contribution < -0.4 is 14.8 Å². The van der Waals surface area contributed by atoms with E-state index in [4.69, 9.17) is 9.47 Å². The summed E-state index contributed by atoms with van der Waals surface area (Å²) in [6.07, 6.45) is 2.05. The molecule has 130 valence electrons. The Hall–Kier alpha value is -1.75. The molecule has 0 aromatic heterocycles. The molecule has 1 rings (SSSR count). The molecule has 1 amide bonds. The zero-order chi connectivity index (χ0) is 17.5. The van der Waals surface area contributed by atoms with Crippen LogP contribution in [0.5, 0.6) is 11.5 Å². The Kier molecular flexibility index (Phi) is 7.36. The highest BCUT2D eigenvalue weighted by Crippen LogP contribution is 2.33. The standard InChI is InChI=1S/C18H30N2O3/c1-18(2,17(21)19-11-7-8-12-20(3)4)14-9-10-15(22-5)16(13-14)23-6/h9-10,13H,7-8,11-12H2,1-6H3,(H,19,21). The fourth-order valence-corrected chi connectivity index (χ4v) is 2.33. The third-order valence-electron chi connectivity index (χ3n) is 3.99. The first kappa shape index (κ1) is 19.3. The van der Waals surface area contributed by atoms with Crippen molar-refractivity contribution < 1.29 is 14.3 Å². The number of benzene rings is 1.